The number of hydrogen-bond donors (Lipinski definition) is 1. The maximum absolute atomic E-state index is 12.0. The Hall–Kier alpha value is -1.52. The van der Waals surface area contributed by atoms with E-state index < -0.39 is 17.6 Å². The Kier molecular flexibility index (Phi) is 3.32. The molecule has 1 heterocycles. The molecule has 2 rings (SSSR count). The minimum Gasteiger partial charge on any atom is -0.502 e. The van der Waals surface area contributed by atoms with Gasteiger partial charge in [-0.1, -0.05) is 29.3 Å². The van der Waals surface area contributed by atoms with Crippen LogP contribution in [-0.2, 0) is 9.59 Å². The van der Waals surface area contributed by atoms with E-state index in [2.05, 4.69) is 0 Å². The van der Waals surface area contributed by atoms with Crippen LogP contribution in [0.4, 0.5) is 0 Å². The van der Waals surface area contributed by atoms with Gasteiger partial charge in [-0.25, -0.2) is 0 Å². The lowest BCUT2D eigenvalue weighted by Gasteiger charge is -2.11. The van der Waals surface area contributed by atoms with Crippen LogP contribution in [0.2, 0.25) is 10.0 Å². The molecule has 1 aromatic carbocycles. The second-order valence-electron chi connectivity index (χ2n) is 3.70. The summed E-state index contributed by atoms with van der Waals surface area (Å²) in [5, 5.41) is 10.4. The normalized spacial score (nSPS) is 15.8. The van der Waals surface area contributed by atoms with Crippen molar-refractivity contribution in [2.75, 3.05) is 6.54 Å². The lowest BCUT2D eigenvalue weighted by Crippen LogP contribution is -2.31. The number of amides is 2. The van der Waals surface area contributed by atoms with Crippen molar-refractivity contribution in [2.24, 2.45) is 0 Å². The number of halogens is 2. The first kappa shape index (κ1) is 12.9. The monoisotopic (exact) mass is 285 g/mol. The predicted octanol–water partition coefficient (Wildman–Crippen LogP) is 2.65. The summed E-state index contributed by atoms with van der Waals surface area (Å²) in [6.45, 7) is 1.84. The molecule has 1 aliphatic heterocycles. The van der Waals surface area contributed by atoms with Crippen LogP contribution in [0.25, 0.3) is 5.57 Å². The Bertz CT molecular complexity index is 581. The fourth-order valence-corrected chi connectivity index (χ4v) is 2.29. The molecule has 0 fully saturated rings. The Morgan fingerprint density at radius 1 is 1.22 bits per heavy atom. The molecular weight excluding hydrogens is 277 g/mol. The fraction of sp³-hybridized carbons (Fsp3) is 0.167. The molecule has 0 aliphatic carbocycles. The number of benzene rings is 1. The molecule has 1 N–H and O–H groups in total. The first-order valence-electron chi connectivity index (χ1n) is 5.22. The molecule has 0 unspecified atom stereocenters. The molecule has 0 saturated carbocycles. The van der Waals surface area contributed by atoms with Gasteiger partial charge in [-0.15, -0.1) is 0 Å². The van der Waals surface area contributed by atoms with E-state index in [1.807, 2.05) is 0 Å². The van der Waals surface area contributed by atoms with Crippen LogP contribution in [-0.4, -0.2) is 28.4 Å². The Labute approximate surface area is 113 Å². The molecule has 0 saturated heterocycles. The van der Waals surface area contributed by atoms with Crippen LogP contribution in [0.15, 0.2) is 24.0 Å². The summed E-state index contributed by atoms with van der Waals surface area (Å²) in [5.74, 6) is -1.83. The number of nitrogens with zero attached hydrogens (tertiary/aromatic N) is 1. The molecule has 1 aliphatic rings. The molecule has 18 heavy (non-hydrogen) atoms. The lowest BCUT2D eigenvalue weighted by atomic mass is 10.1. The second kappa shape index (κ2) is 4.63. The van der Waals surface area contributed by atoms with Crippen molar-refractivity contribution in [3.05, 3.63) is 39.6 Å². The smallest absolute Gasteiger partial charge is 0.296 e. The summed E-state index contributed by atoms with van der Waals surface area (Å²) in [5.41, 5.74) is 0.219. The summed E-state index contributed by atoms with van der Waals surface area (Å²) in [6.07, 6.45) is 0. The summed E-state index contributed by atoms with van der Waals surface area (Å²) < 4.78 is 0. The maximum Gasteiger partial charge on any atom is 0.296 e. The van der Waals surface area contributed by atoms with Gasteiger partial charge in [0.2, 0.25) is 0 Å². The third-order valence-corrected chi connectivity index (χ3v) is 3.21. The zero-order valence-corrected chi connectivity index (χ0v) is 10.9. The standard InChI is InChI=1S/C12H9Cl2NO3/c1-2-15-11(17)9(10(16)12(15)18)7-4-3-6(13)5-8(7)14/h3-5,16H,2H2,1H3. The molecule has 1 aromatic rings. The SMILES string of the molecule is CCN1C(=O)C(O)=C(c2ccc(Cl)cc2Cl)C1=O. The molecule has 0 bridgehead atoms. The van der Waals surface area contributed by atoms with Crippen LogP contribution in [0.1, 0.15) is 12.5 Å². The van der Waals surface area contributed by atoms with E-state index in [4.69, 9.17) is 23.2 Å². The van der Waals surface area contributed by atoms with Gasteiger partial charge in [-0.2, -0.15) is 0 Å². The van der Waals surface area contributed by atoms with Crippen LogP contribution in [0.3, 0.4) is 0 Å². The first-order chi connectivity index (χ1) is 8.47. The number of carbonyl (C=O) groups is 2. The second-order valence-corrected chi connectivity index (χ2v) is 4.55. The zero-order chi connectivity index (χ0) is 13.4. The van der Waals surface area contributed by atoms with Gasteiger partial charge in [0.05, 0.1) is 10.6 Å². The van der Waals surface area contributed by atoms with E-state index in [1.54, 1.807) is 6.92 Å². The molecule has 2 amide bonds. The number of aliphatic hydroxyl groups excluding tert-OH is 1. The highest BCUT2D eigenvalue weighted by Gasteiger charge is 2.38. The molecule has 0 spiro atoms. The van der Waals surface area contributed by atoms with Gasteiger partial charge in [-0.05, 0) is 19.1 Å². The number of likely N-dealkylation sites (N-methyl/N-ethyl adjacent to an activating group) is 1. The number of imide groups is 1. The Morgan fingerprint density at radius 2 is 1.89 bits per heavy atom. The zero-order valence-electron chi connectivity index (χ0n) is 9.41. The van der Waals surface area contributed by atoms with Gasteiger partial charge >= 0.3 is 0 Å². The van der Waals surface area contributed by atoms with Gasteiger partial charge in [0.25, 0.3) is 11.8 Å². The quantitative estimate of drug-likeness (QED) is 0.850. The van der Waals surface area contributed by atoms with Crippen molar-refractivity contribution in [3.63, 3.8) is 0 Å². The molecule has 0 radical (unpaired) electrons. The topological polar surface area (TPSA) is 57.6 Å². The van der Waals surface area contributed by atoms with Crippen molar-refractivity contribution in [1.29, 1.82) is 0 Å². The highest BCUT2D eigenvalue weighted by Crippen LogP contribution is 2.33. The van der Waals surface area contributed by atoms with Crippen molar-refractivity contribution < 1.29 is 14.7 Å². The van der Waals surface area contributed by atoms with E-state index in [0.717, 1.165) is 4.90 Å². The number of rotatable bonds is 2. The molecule has 0 atom stereocenters. The van der Waals surface area contributed by atoms with Crippen molar-refractivity contribution >= 4 is 40.6 Å². The minimum absolute atomic E-state index is 0.0801. The average Bonchev–Trinajstić information content (AvgIpc) is 2.52. The number of hydrogen-bond acceptors (Lipinski definition) is 3. The van der Waals surface area contributed by atoms with Crippen LogP contribution in [0.5, 0.6) is 0 Å². The summed E-state index contributed by atoms with van der Waals surface area (Å²) in [4.78, 5) is 24.6. The van der Waals surface area contributed by atoms with Crippen molar-refractivity contribution in [2.45, 2.75) is 6.92 Å². The van der Waals surface area contributed by atoms with Crippen LogP contribution >= 0.6 is 23.2 Å². The third kappa shape index (κ3) is 1.87. The van der Waals surface area contributed by atoms with Crippen LogP contribution in [0, 0.1) is 0 Å². The lowest BCUT2D eigenvalue weighted by molar-refractivity contribution is -0.137. The van der Waals surface area contributed by atoms with Crippen LogP contribution < -0.4 is 0 Å². The number of aliphatic hydroxyl groups is 1. The molecule has 4 nitrogen and oxygen atoms in total. The third-order valence-electron chi connectivity index (χ3n) is 2.66. The highest BCUT2D eigenvalue weighted by molar-refractivity contribution is 6.40. The highest BCUT2D eigenvalue weighted by atomic mass is 35.5. The Morgan fingerprint density at radius 3 is 2.39 bits per heavy atom. The van der Waals surface area contributed by atoms with E-state index in [1.165, 1.54) is 18.2 Å². The summed E-state index contributed by atoms with van der Waals surface area (Å²) >= 11 is 11.7. The van der Waals surface area contributed by atoms with Crippen molar-refractivity contribution in [1.82, 2.24) is 4.90 Å². The molecule has 94 valence electrons. The van der Waals surface area contributed by atoms with E-state index in [9.17, 15) is 14.7 Å². The molecule has 0 aromatic heterocycles. The van der Waals surface area contributed by atoms with Gasteiger partial charge in [-0.3, -0.25) is 14.5 Å². The van der Waals surface area contributed by atoms with Gasteiger partial charge in [0, 0.05) is 17.1 Å². The van der Waals surface area contributed by atoms with Gasteiger partial charge in [0.1, 0.15) is 0 Å². The number of carbonyl (C=O) groups excluding carboxylic acids is 2. The van der Waals surface area contributed by atoms with E-state index >= 15 is 0 Å². The summed E-state index contributed by atoms with van der Waals surface area (Å²) in [6, 6.07) is 4.49. The fourth-order valence-electron chi connectivity index (χ4n) is 1.79. The first-order valence-corrected chi connectivity index (χ1v) is 5.97. The van der Waals surface area contributed by atoms with Gasteiger partial charge in [0.15, 0.2) is 5.76 Å². The minimum atomic E-state index is -0.705. The molecular formula is C12H9Cl2NO3. The molecule has 6 heteroatoms. The van der Waals surface area contributed by atoms with E-state index in [-0.39, 0.29) is 17.1 Å². The Balaban J connectivity index is 2.57. The average molecular weight is 286 g/mol. The van der Waals surface area contributed by atoms with Gasteiger partial charge < -0.3 is 5.11 Å². The maximum atomic E-state index is 12.0. The largest absolute Gasteiger partial charge is 0.502 e. The van der Waals surface area contributed by atoms with Crippen molar-refractivity contribution in [3.8, 4) is 0 Å². The summed E-state index contributed by atoms with van der Waals surface area (Å²) in [7, 11) is 0. The van der Waals surface area contributed by atoms with E-state index in [0.29, 0.717) is 10.6 Å². The predicted molar refractivity (Wildman–Crippen MR) is 68.4 cm³/mol.